The van der Waals surface area contributed by atoms with Crippen molar-refractivity contribution in [3.63, 3.8) is 0 Å². The fourth-order valence-corrected chi connectivity index (χ4v) is 2.99. The number of benzene rings is 2. The van der Waals surface area contributed by atoms with E-state index in [0.29, 0.717) is 11.3 Å². The molecule has 0 aliphatic heterocycles. The Labute approximate surface area is 138 Å². The number of rotatable bonds is 4. The summed E-state index contributed by atoms with van der Waals surface area (Å²) in [5.41, 5.74) is 2.63. The van der Waals surface area contributed by atoms with Gasteiger partial charge in [0, 0.05) is 11.9 Å². The van der Waals surface area contributed by atoms with Gasteiger partial charge in [0.2, 0.25) is 0 Å². The standard InChI is InChI=1S/C19H16N2O3/c1-2-9-21-15-8-7-13(19(22)23)10-14(15)20-18(21)17-11-12-5-3-4-6-16(12)24-17/h3-8,10-11H,2,9H2,1H3,(H,22,23). The van der Waals surface area contributed by atoms with Crippen LogP contribution in [-0.4, -0.2) is 20.6 Å². The van der Waals surface area contributed by atoms with Crippen LogP contribution in [0.1, 0.15) is 23.7 Å². The Morgan fingerprint density at radius 3 is 2.79 bits per heavy atom. The molecule has 1 N–H and O–H groups in total. The minimum absolute atomic E-state index is 0.236. The van der Waals surface area contributed by atoms with Crippen molar-refractivity contribution in [1.29, 1.82) is 0 Å². The number of aromatic nitrogens is 2. The molecule has 0 amide bonds. The highest BCUT2D eigenvalue weighted by Crippen LogP contribution is 2.30. The average molecular weight is 320 g/mol. The molecule has 0 fully saturated rings. The molecule has 0 atom stereocenters. The van der Waals surface area contributed by atoms with Gasteiger partial charge in [-0.05, 0) is 36.8 Å². The van der Waals surface area contributed by atoms with Gasteiger partial charge < -0.3 is 14.1 Å². The van der Waals surface area contributed by atoms with Gasteiger partial charge in [-0.2, -0.15) is 0 Å². The van der Waals surface area contributed by atoms with Crippen LogP contribution in [0.5, 0.6) is 0 Å². The Kier molecular flexibility index (Phi) is 3.34. The van der Waals surface area contributed by atoms with Crippen LogP contribution in [0.25, 0.3) is 33.6 Å². The zero-order valence-electron chi connectivity index (χ0n) is 13.2. The van der Waals surface area contributed by atoms with Gasteiger partial charge >= 0.3 is 5.97 Å². The number of nitrogens with zero attached hydrogens (tertiary/aromatic N) is 2. The summed E-state index contributed by atoms with van der Waals surface area (Å²) in [5.74, 6) is 0.468. The minimum Gasteiger partial charge on any atom is -0.478 e. The molecule has 120 valence electrons. The third-order valence-electron chi connectivity index (χ3n) is 4.09. The summed E-state index contributed by atoms with van der Waals surface area (Å²) in [6.07, 6.45) is 0.944. The molecule has 2 heterocycles. The van der Waals surface area contributed by atoms with E-state index < -0.39 is 5.97 Å². The second kappa shape index (κ2) is 5.53. The van der Waals surface area contributed by atoms with E-state index in [0.717, 1.165) is 35.3 Å². The molecule has 0 unspecified atom stereocenters. The van der Waals surface area contributed by atoms with Crippen LogP contribution in [0.15, 0.2) is 52.9 Å². The van der Waals surface area contributed by atoms with Gasteiger partial charge in [0.15, 0.2) is 11.6 Å². The Morgan fingerprint density at radius 1 is 1.21 bits per heavy atom. The van der Waals surface area contributed by atoms with Crippen molar-refractivity contribution < 1.29 is 14.3 Å². The molecule has 0 saturated carbocycles. The molecule has 0 radical (unpaired) electrons. The van der Waals surface area contributed by atoms with Crippen molar-refractivity contribution in [1.82, 2.24) is 9.55 Å². The maximum Gasteiger partial charge on any atom is 0.335 e. The lowest BCUT2D eigenvalue weighted by atomic mass is 10.2. The Bertz CT molecular complexity index is 1030. The van der Waals surface area contributed by atoms with Crippen LogP contribution in [0.3, 0.4) is 0 Å². The van der Waals surface area contributed by atoms with Gasteiger partial charge in [-0.3, -0.25) is 0 Å². The van der Waals surface area contributed by atoms with Crippen LogP contribution < -0.4 is 0 Å². The lowest BCUT2D eigenvalue weighted by molar-refractivity contribution is 0.0697. The van der Waals surface area contributed by atoms with Crippen LogP contribution in [0.4, 0.5) is 0 Å². The Hall–Kier alpha value is -3.08. The number of imidazole rings is 1. The number of furan rings is 1. The number of para-hydroxylation sites is 1. The summed E-state index contributed by atoms with van der Waals surface area (Å²) < 4.78 is 8.03. The molecule has 0 aliphatic rings. The molecule has 4 aromatic rings. The van der Waals surface area contributed by atoms with E-state index in [1.54, 1.807) is 12.1 Å². The lowest BCUT2D eigenvalue weighted by Crippen LogP contribution is -1.99. The first-order chi connectivity index (χ1) is 11.7. The second-order valence-corrected chi connectivity index (χ2v) is 5.74. The summed E-state index contributed by atoms with van der Waals surface area (Å²) in [4.78, 5) is 15.8. The largest absolute Gasteiger partial charge is 0.478 e. The SMILES string of the molecule is CCCn1c(-c2cc3ccccc3o2)nc2cc(C(=O)O)ccc21. The molecule has 2 aromatic heterocycles. The van der Waals surface area contributed by atoms with Gasteiger partial charge in [-0.1, -0.05) is 25.1 Å². The maximum absolute atomic E-state index is 11.2. The highest BCUT2D eigenvalue weighted by atomic mass is 16.4. The van der Waals surface area contributed by atoms with E-state index in [9.17, 15) is 9.90 Å². The summed E-state index contributed by atoms with van der Waals surface area (Å²) in [6, 6.07) is 14.8. The van der Waals surface area contributed by atoms with Crippen molar-refractivity contribution in [3.8, 4) is 11.6 Å². The van der Waals surface area contributed by atoms with Crippen LogP contribution in [0.2, 0.25) is 0 Å². The fraction of sp³-hybridized carbons (Fsp3) is 0.158. The van der Waals surface area contributed by atoms with Crippen molar-refractivity contribution >= 4 is 28.0 Å². The molecule has 0 aliphatic carbocycles. The van der Waals surface area contributed by atoms with E-state index in [2.05, 4.69) is 16.5 Å². The molecular weight excluding hydrogens is 304 g/mol. The number of aryl methyl sites for hydroxylation is 1. The van der Waals surface area contributed by atoms with Crippen LogP contribution in [-0.2, 0) is 6.54 Å². The molecule has 24 heavy (non-hydrogen) atoms. The third kappa shape index (κ3) is 2.25. The highest BCUT2D eigenvalue weighted by Gasteiger charge is 2.17. The molecule has 0 bridgehead atoms. The third-order valence-corrected chi connectivity index (χ3v) is 4.09. The van der Waals surface area contributed by atoms with Crippen molar-refractivity contribution in [2.75, 3.05) is 0 Å². The number of carbonyl (C=O) groups is 1. The monoisotopic (exact) mass is 320 g/mol. The van der Waals surface area contributed by atoms with Gasteiger partial charge in [-0.15, -0.1) is 0 Å². The molecule has 0 spiro atoms. The molecular formula is C19H16N2O3. The summed E-state index contributed by atoms with van der Waals surface area (Å²) in [6.45, 7) is 2.88. The Morgan fingerprint density at radius 2 is 2.04 bits per heavy atom. The van der Waals surface area contributed by atoms with Crippen LogP contribution in [0, 0.1) is 0 Å². The molecule has 5 heteroatoms. The van der Waals surface area contributed by atoms with Gasteiger partial charge in [0.05, 0.1) is 16.6 Å². The Balaban J connectivity index is 1.95. The predicted molar refractivity (Wildman–Crippen MR) is 92.2 cm³/mol. The van der Waals surface area contributed by atoms with Crippen molar-refractivity contribution in [2.24, 2.45) is 0 Å². The van der Waals surface area contributed by atoms with E-state index >= 15 is 0 Å². The smallest absolute Gasteiger partial charge is 0.335 e. The number of fused-ring (bicyclic) bond motifs is 2. The first-order valence-corrected chi connectivity index (χ1v) is 7.90. The normalized spacial score (nSPS) is 11.4. The number of carboxylic acid groups (broad SMARTS) is 1. The zero-order chi connectivity index (χ0) is 16.7. The topological polar surface area (TPSA) is 68.3 Å². The lowest BCUT2D eigenvalue weighted by Gasteiger charge is -2.05. The van der Waals surface area contributed by atoms with Gasteiger partial charge in [-0.25, -0.2) is 9.78 Å². The number of hydrogen-bond donors (Lipinski definition) is 1. The quantitative estimate of drug-likeness (QED) is 0.598. The first-order valence-electron chi connectivity index (χ1n) is 7.90. The van der Waals surface area contributed by atoms with E-state index in [1.165, 1.54) is 0 Å². The second-order valence-electron chi connectivity index (χ2n) is 5.74. The fourth-order valence-electron chi connectivity index (χ4n) is 2.99. The zero-order valence-corrected chi connectivity index (χ0v) is 13.2. The minimum atomic E-state index is -0.952. The van der Waals surface area contributed by atoms with Gasteiger partial charge in [0.25, 0.3) is 0 Å². The van der Waals surface area contributed by atoms with Crippen molar-refractivity contribution in [3.05, 3.63) is 54.1 Å². The number of hydrogen-bond acceptors (Lipinski definition) is 3. The summed E-state index contributed by atoms with van der Waals surface area (Å²) in [5, 5.41) is 10.2. The van der Waals surface area contributed by atoms with E-state index in [4.69, 9.17) is 4.42 Å². The molecule has 2 aromatic carbocycles. The average Bonchev–Trinajstić information content (AvgIpc) is 3.16. The summed E-state index contributed by atoms with van der Waals surface area (Å²) >= 11 is 0. The highest BCUT2D eigenvalue weighted by molar-refractivity contribution is 5.93. The summed E-state index contributed by atoms with van der Waals surface area (Å²) in [7, 11) is 0. The molecule has 4 rings (SSSR count). The molecule has 0 saturated heterocycles. The van der Waals surface area contributed by atoms with E-state index in [1.807, 2.05) is 36.4 Å². The van der Waals surface area contributed by atoms with Gasteiger partial charge in [0.1, 0.15) is 5.58 Å². The number of carboxylic acids is 1. The predicted octanol–water partition coefficient (Wildman–Crippen LogP) is 4.56. The maximum atomic E-state index is 11.2. The van der Waals surface area contributed by atoms with Crippen LogP contribution >= 0.6 is 0 Å². The first kappa shape index (κ1) is 14.5. The van der Waals surface area contributed by atoms with E-state index in [-0.39, 0.29) is 5.56 Å². The van der Waals surface area contributed by atoms with Crippen molar-refractivity contribution in [2.45, 2.75) is 19.9 Å². The molecule has 5 nitrogen and oxygen atoms in total. The number of aromatic carboxylic acids is 1.